The molecular formula is C9H18O2. The van der Waals surface area contributed by atoms with Gasteiger partial charge in [-0.15, -0.1) is 0 Å². The number of methoxy groups -OCH3 is 1. The third-order valence-corrected chi connectivity index (χ3v) is 2.31. The summed E-state index contributed by atoms with van der Waals surface area (Å²) in [7, 11) is 1.68. The first kappa shape index (κ1) is 10.6. The van der Waals surface area contributed by atoms with Gasteiger partial charge in [-0.05, 0) is 26.7 Å². The summed E-state index contributed by atoms with van der Waals surface area (Å²) in [5.41, 5.74) is -0.189. The highest BCUT2D eigenvalue weighted by Gasteiger charge is 2.25. The Hall–Kier alpha value is -0.370. The molecule has 0 radical (unpaired) electrons. The first-order valence-electron chi connectivity index (χ1n) is 3.94. The van der Waals surface area contributed by atoms with Crippen molar-refractivity contribution in [2.24, 2.45) is 5.92 Å². The second-order valence-electron chi connectivity index (χ2n) is 3.61. The van der Waals surface area contributed by atoms with Crippen LogP contribution < -0.4 is 0 Å². The third-order valence-electron chi connectivity index (χ3n) is 2.31. The van der Waals surface area contributed by atoms with Gasteiger partial charge in [-0.25, -0.2) is 0 Å². The van der Waals surface area contributed by atoms with E-state index in [0.29, 0.717) is 6.42 Å². The fourth-order valence-corrected chi connectivity index (χ4v) is 0.878. The number of ether oxygens (including phenoxy) is 1. The zero-order chi connectivity index (χ0) is 9.07. The Kier molecular flexibility index (Phi) is 3.73. The van der Waals surface area contributed by atoms with E-state index in [1.807, 2.05) is 20.8 Å². The zero-order valence-electron chi connectivity index (χ0n) is 8.10. The molecule has 0 amide bonds. The van der Waals surface area contributed by atoms with Gasteiger partial charge in [0.05, 0.1) is 5.60 Å². The van der Waals surface area contributed by atoms with Crippen molar-refractivity contribution in [1.82, 2.24) is 0 Å². The van der Waals surface area contributed by atoms with E-state index in [9.17, 15) is 4.79 Å². The first-order valence-corrected chi connectivity index (χ1v) is 3.94. The van der Waals surface area contributed by atoms with E-state index in [1.54, 1.807) is 14.0 Å². The fourth-order valence-electron chi connectivity index (χ4n) is 0.878. The van der Waals surface area contributed by atoms with Gasteiger partial charge in [0.2, 0.25) is 0 Å². The molecule has 0 aliphatic heterocycles. The van der Waals surface area contributed by atoms with Crippen LogP contribution in [0, 0.1) is 5.92 Å². The molecule has 2 heteroatoms. The predicted molar refractivity (Wildman–Crippen MR) is 45.6 cm³/mol. The van der Waals surface area contributed by atoms with Crippen molar-refractivity contribution < 1.29 is 9.53 Å². The highest BCUT2D eigenvalue weighted by molar-refractivity contribution is 5.75. The normalized spacial score (nSPS) is 14.6. The van der Waals surface area contributed by atoms with Crippen LogP contribution in [0.4, 0.5) is 0 Å². The lowest BCUT2D eigenvalue weighted by Crippen LogP contribution is -2.32. The SMILES string of the molecule is COC(C)(C)C(C)CC(C)=O. The van der Waals surface area contributed by atoms with Crippen molar-refractivity contribution in [2.45, 2.75) is 39.7 Å². The topological polar surface area (TPSA) is 26.3 Å². The lowest BCUT2D eigenvalue weighted by Gasteiger charge is -2.29. The van der Waals surface area contributed by atoms with Crippen molar-refractivity contribution in [3.63, 3.8) is 0 Å². The van der Waals surface area contributed by atoms with Gasteiger partial charge in [0.15, 0.2) is 0 Å². The highest BCUT2D eigenvalue weighted by atomic mass is 16.5. The number of carbonyl (C=O) groups excluding carboxylic acids is 1. The molecule has 66 valence electrons. The molecule has 1 unspecified atom stereocenters. The summed E-state index contributed by atoms with van der Waals surface area (Å²) in [6.45, 7) is 7.65. The molecule has 0 aromatic carbocycles. The first-order chi connectivity index (χ1) is 4.90. The van der Waals surface area contributed by atoms with Crippen LogP contribution in [-0.4, -0.2) is 18.5 Å². The van der Waals surface area contributed by atoms with Gasteiger partial charge >= 0.3 is 0 Å². The third kappa shape index (κ3) is 3.51. The maximum absolute atomic E-state index is 10.8. The quantitative estimate of drug-likeness (QED) is 0.625. The van der Waals surface area contributed by atoms with E-state index in [1.165, 1.54) is 0 Å². The Balaban J connectivity index is 4.01. The maximum Gasteiger partial charge on any atom is 0.130 e. The summed E-state index contributed by atoms with van der Waals surface area (Å²) in [5, 5.41) is 0. The molecule has 0 aromatic rings. The molecule has 0 aromatic heterocycles. The van der Waals surface area contributed by atoms with Crippen LogP contribution >= 0.6 is 0 Å². The Morgan fingerprint density at radius 3 is 2.27 bits per heavy atom. The zero-order valence-corrected chi connectivity index (χ0v) is 8.10. The Morgan fingerprint density at radius 2 is 2.00 bits per heavy atom. The number of hydrogen-bond donors (Lipinski definition) is 0. The number of carbonyl (C=O) groups is 1. The fraction of sp³-hybridized carbons (Fsp3) is 0.889. The number of ketones is 1. The number of Topliss-reactive ketones (excluding diaryl/α,β-unsaturated/α-hetero) is 1. The molecule has 0 saturated heterocycles. The Morgan fingerprint density at radius 1 is 1.55 bits per heavy atom. The molecule has 0 spiro atoms. The minimum Gasteiger partial charge on any atom is -0.379 e. The predicted octanol–water partition coefficient (Wildman–Crippen LogP) is 2.03. The summed E-state index contributed by atoms with van der Waals surface area (Å²) in [5.74, 6) is 0.507. The summed E-state index contributed by atoms with van der Waals surface area (Å²) < 4.78 is 5.25. The minimum absolute atomic E-state index is 0.189. The van der Waals surface area contributed by atoms with Gasteiger partial charge in [0.25, 0.3) is 0 Å². The molecule has 0 heterocycles. The standard InChI is InChI=1S/C9H18O2/c1-7(6-8(2)10)9(3,4)11-5/h7H,6H2,1-5H3. The molecule has 1 atom stereocenters. The lowest BCUT2D eigenvalue weighted by atomic mass is 9.88. The maximum atomic E-state index is 10.8. The monoisotopic (exact) mass is 158 g/mol. The van der Waals surface area contributed by atoms with Gasteiger partial charge in [-0.2, -0.15) is 0 Å². The van der Waals surface area contributed by atoms with Crippen LogP contribution in [0.3, 0.4) is 0 Å². The van der Waals surface area contributed by atoms with E-state index < -0.39 is 0 Å². The second kappa shape index (κ2) is 3.86. The van der Waals surface area contributed by atoms with Gasteiger partial charge in [0, 0.05) is 13.5 Å². The Labute approximate surface area is 68.9 Å². The van der Waals surface area contributed by atoms with Crippen molar-refractivity contribution in [2.75, 3.05) is 7.11 Å². The van der Waals surface area contributed by atoms with Gasteiger partial charge in [0.1, 0.15) is 5.78 Å². The highest BCUT2D eigenvalue weighted by Crippen LogP contribution is 2.22. The van der Waals surface area contributed by atoms with Crippen LogP contribution in [0.2, 0.25) is 0 Å². The van der Waals surface area contributed by atoms with Crippen LogP contribution in [0.15, 0.2) is 0 Å². The molecule has 0 aliphatic carbocycles. The van der Waals surface area contributed by atoms with Crippen LogP contribution in [0.25, 0.3) is 0 Å². The molecule has 0 N–H and O–H groups in total. The van der Waals surface area contributed by atoms with E-state index >= 15 is 0 Å². The molecule has 0 rings (SSSR count). The van der Waals surface area contributed by atoms with Crippen molar-refractivity contribution in [1.29, 1.82) is 0 Å². The van der Waals surface area contributed by atoms with Crippen LogP contribution in [0.1, 0.15) is 34.1 Å². The summed E-state index contributed by atoms with van der Waals surface area (Å²) >= 11 is 0. The smallest absolute Gasteiger partial charge is 0.130 e. The van der Waals surface area contributed by atoms with Crippen LogP contribution in [-0.2, 0) is 9.53 Å². The molecular weight excluding hydrogens is 140 g/mol. The summed E-state index contributed by atoms with van der Waals surface area (Å²) in [6.07, 6.45) is 0.598. The molecule has 0 aliphatic rings. The molecule has 2 nitrogen and oxygen atoms in total. The number of hydrogen-bond acceptors (Lipinski definition) is 2. The van der Waals surface area contributed by atoms with E-state index in [2.05, 4.69) is 0 Å². The van der Waals surface area contributed by atoms with E-state index in [4.69, 9.17) is 4.74 Å². The summed E-state index contributed by atoms with van der Waals surface area (Å²) in [6, 6.07) is 0. The van der Waals surface area contributed by atoms with Gasteiger partial charge in [-0.3, -0.25) is 0 Å². The van der Waals surface area contributed by atoms with E-state index in [-0.39, 0.29) is 17.3 Å². The van der Waals surface area contributed by atoms with E-state index in [0.717, 1.165) is 0 Å². The van der Waals surface area contributed by atoms with Crippen molar-refractivity contribution >= 4 is 5.78 Å². The molecule has 0 saturated carbocycles. The van der Waals surface area contributed by atoms with Crippen LogP contribution in [0.5, 0.6) is 0 Å². The molecule has 11 heavy (non-hydrogen) atoms. The summed E-state index contributed by atoms with van der Waals surface area (Å²) in [4.78, 5) is 10.8. The lowest BCUT2D eigenvalue weighted by molar-refractivity contribution is -0.120. The largest absolute Gasteiger partial charge is 0.379 e. The van der Waals surface area contributed by atoms with Crippen molar-refractivity contribution in [3.8, 4) is 0 Å². The average Bonchev–Trinajstić information content (AvgIpc) is 1.86. The average molecular weight is 158 g/mol. The van der Waals surface area contributed by atoms with Crippen molar-refractivity contribution in [3.05, 3.63) is 0 Å². The van der Waals surface area contributed by atoms with Gasteiger partial charge in [-0.1, -0.05) is 6.92 Å². The number of rotatable bonds is 4. The molecule has 0 bridgehead atoms. The Bertz CT molecular complexity index is 138. The minimum atomic E-state index is -0.189. The molecule has 0 fully saturated rings. The second-order valence-corrected chi connectivity index (χ2v) is 3.61. The van der Waals surface area contributed by atoms with Gasteiger partial charge < -0.3 is 9.53 Å².